The molecule has 140 valence electrons. The summed E-state index contributed by atoms with van der Waals surface area (Å²) in [6.07, 6.45) is 5.08. The molecule has 0 radical (unpaired) electrons. The van der Waals surface area contributed by atoms with Crippen LogP contribution in [0.5, 0.6) is 0 Å². The van der Waals surface area contributed by atoms with Crippen LogP contribution in [0.4, 0.5) is 0 Å². The van der Waals surface area contributed by atoms with Crippen LogP contribution in [0, 0.1) is 34.0 Å². The van der Waals surface area contributed by atoms with Gasteiger partial charge < -0.3 is 9.47 Å². The summed E-state index contributed by atoms with van der Waals surface area (Å²) in [5.74, 6) is 0.218. The highest BCUT2D eigenvalue weighted by molar-refractivity contribution is 6.21. The van der Waals surface area contributed by atoms with Crippen molar-refractivity contribution in [2.45, 2.75) is 51.7 Å². The summed E-state index contributed by atoms with van der Waals surface area (Å²) < 4.78 is 12.1. The number of Topliss-reactive ketones (excluding diaryl/α,β-unsaturated/α-hetero) is 2. The first-order valence-corrected chi connectivity index (χ1v) is 9.94. The van der Waals surface area contributed by atoms with E-state index < -0.39 is 5.41 Å². The Kier molecular flexibility index (Phi) is 3.22. The zero-order valence-corrected chi connectivity index (χ0v) is 15.8. The summed E-state index contributed by atoms with van der Waals surface area (Å²) in [6.45, 7) is 11.2. The van der Waals surface area contributed by atoms with Gasteiger partial charge in [0.05, 0.1) is 12.0 Å². The maximum absolute atomic E-state index is 13.7. The average Bonchev–Trinajstić information content (AvgIpc) is 2.63. The van der Waals surface area contributed by atoms with E-state index in [4.69, 9.17) is 9.47 Å². The molecule has 6 aliphatic rings. The first-order valence-electron chi connectivity index (χ1n) is 9.94. The molecule has 26 heavy (non-hydrogen) atoms. The van der Waals surface area contributed by atoms with Crippen molar-refractivity contribution in [1.29, 1.82) is 0 Å². The molecule has 0 aromatic heterocycles. The molecule has 1 heterocycles. The molecule has 6 rings (SSSR count). The molecule has 0 N–H and O–H groups in total. The van der Waals surface area contributed by atoms with Gasteiger partial charge in [0.15, 0.2) is 17.9 Å². The predicted octanol–water partition coefficient (Wildman–Crippen LogP) is 3.46. The topological polar surface area (TPSA) is 52.6 Å². The molecule has 4 heteroatoms. The van der Waals surface area contributed by atoms with Crippen molar-refractivity contribution in [2.75, 3.05) is 13.7 Å². The molecular formula is C22H28O4. The molecule has 0 aromatic carbocycles. The van der Waals surface area contributed by atoms with Gasteiger partial charge in [0.1, 0.15) is 0 Å². The molecule has 5 saturated carbocycles. The molecule has 4 nitrogen and oxygen atoms in total. The Labute approximate surface area is 155 Å². The predicted molar refractivity (Wildman–Crippen MR) is 96.2 cm³/mol. The fourth-order valence-electron chi connectivity index (χ4n) is 7.85. The molecule has 1 saturated heterocycles. The zero-order chi connectivity index (χ0) is 18.5. The van der Waals surface area contributed by atoms with E-state index >= 15 is 0 Å². The third kappa shape index (κ3) is 1.57. The summed E-state index contributed by atoms with van der Waals surface area (Å²) in [6, 6.07) is 0. The van der Waals surface area contributed by atoms with Gasteiger partial charge in [-0.05, 0) is 60.5 Å². The van der Waals surface area contributed by atoms with Crippen LogP contribution < -0.4 is 0 Å². The number of fused-ring (bicyclic) bond motifs is 2. The van der Waals surface area contributed by atoms with E-state index in [0.29, 0.717) is 24.2 Å². The molecule has 6 fully saturated rings. The van der Waals surface area contributed by atoms with E-state index in [9.17, 15) is 9.59 Å². The Hall–Kier alpha value is -1.26. The number of methoxy groups -OCH3 is 1. The standard InChI is InChI=1S/C22H28O4/c1-12-14-6-9-22(17(12)23)15(10-14)21-8-5-7-20(3,11-26-19(21)25-4)16(21)13(2)18(22)24/h14-16,19H,1-2,5-11H2,3-4H3/t14-,15?,16?,19-,20+,21?,22?/m1/s1. The van der Waals surface area contributed by atoms with Crippen LogP contribution >= 0.6 is 0 Å². The number of ketones is 2. The first kappa shape index (κ1) is 16.9. The Morgan fingerprint density at radius 1 is 1.12 bits per heavy atom. The SMILES string of the molecule is C=C1C(=O)C23CC[C@H](CC2C24CCC[C@@](C)(CO[C@H]2OC)C14)C(=C)C3=O. The van der Waals surface area contributed by atoms with Crippen molar-refractivity contribution in [2.24, 2.45) is 34.0 Å². The van der Waals surface area contributed by atoms with Crippen molar-refractivity contribution in [1.82, 2.24) is 0 Å². The van der Waals surface area contributed by atoms with Gasteiger partial charge >= 0.3 is 0 Å². The van der Waals surface area contributed by atoms with E-state index in [1.54, 1.807) is 7.11 Å². The van der Waals surface area contributed by atoms with Crippen LogP contribution in [0.1, 0.15) is 45.4 Å². The third-order valence-corrected chi connectivity index (χ3v) is 8.70. The van der Waals surface area contributed by atoms with Crippen molar-refractivity contribution in [3.05, 3.63) is 24.3 Å². The van der Waals surface area contributed by atoms with Crippen molar-refractivity contribution in [3.8, 4) is 0 Å². The molecule has 1 aliphatic heterocycles. The van der Waals surface area contributed by atoms with E-state index in [1.807, 2.05) is 0 Å². The minimum absolute atomic E-state index is 0.00250. The highest BCUT2D eigenvalue weighted by atomic mass is 16.7. The Morgan fingerprint density at radius 3 is 2.58 bits per heavy atom. The zero-order valence-electron chi connectivity index (χ0n) is 15.8. The van der Waals surface area contributed by atoms with Gasteiger partial charge in [0.2, 0.25) is 0 Å². The summed E-state index contributed by atoms with van der Waals surface area (Å²) in [5.41, 5.74) is -0.0730. The van der Waals surface area contributed by atoms with Gasteiger partial charge in [-0.3, -0.25) is 9.59 Å². The van der Waals surface area contributed by atoms with Gasteiger partial charge in [-0.15, -0.1) is 0 Å². The summed E-state index contributed by atoms with van der Waals surface area (Å²) in [4.78, 5) is 27.0. The second kappa shape index (κ2) is 4.96. The molecule has 4 unspecified atom stereocenters. The van der Waals surface area contributed by atoms with Crippen LogP contribution in [-0.2, 0) is 19.1 Å². The van der Waals surface area contributed by atoms with Crippen LogP contribution in [0.2, 0.25) is 0 Å². The van der Waals surface area contributed by atoms with Crippen LogP contribution in [0.15, 0.2) is 24.3 Å². The summed E-state index contributed by atoms with van der Waals surface area (Å²) >= 11 is 0. The van der Waals surface area contributed by atoms with E-state index in [2.05, 4.69) is 20.1 Å². The Balaban J connectivity index is 1.77. The van der Waals surface area contributed by atoms with Gasteiger partial charge in [-0.25, -0.2) is 0 Å². The first-order chi connectivity index (χ1) is 12.3. The Bertz CT molecular complexity index is 753. The number of carbonyl (C=O) groups excluding carboxylic acids is 2. The molecular weight excluding hydrogens is 328 g/mol. The van der Waals surface area contributed by atoms with E-state index in [-0.39, 0.29) is 46.4 Å². The number of ether oxygens (including phenoxy) is 2. The van der Waals surface area contributed by atoms with E-state index in [1.165, 1.54) is 0 Å². The lowest BCUT2D eigenvalue weighted by Crippen LogP contribution is -2.73. The monoisotopic (exact) mass is 356 g/mol. The number of carbonyl (C=O) groups is 2. The van der Waals surface area contributed by atoms with Gasteiger partial charge in [0.25, 0.3) is 0 Å². The highest BCUT2D eigenvalue weighted by Crippen LogP contribution is 2.73. The molecule has 5 aliphatic carbocycles. The van der Waals surface area contributed by atoms with Crippen LogP contribution in [0.25, 0.3) is 0 Å². The summed E-state index contributed by atoms with van der Waals surface area (Å²) in [5, 5.41) is 0. The molecule has 7 atom stereocenters. The lowest BCUT2D eigenvalue weighted by Gasteiger charge is -2.70. The number of hydrogen-bond acceptors (Lipinski definition) is 4. The van der Waals surface area contributed by atoms with Gasteiger partial charge in [0, 0.05) is 18.4 Å². The molecule has 4 bridgehead atoms. The number of rotatable bonds is 1. The lowest BCUT2D eigenvalue weighted by atomic mass is 9.34. The lowest BCUT2D eigenvalue weighted by molar-refractivity contribution is -0.319. The fourth-order valence-corrected chi connectivity index (χ4v) is 7.85. The smallest absolute Gasteiger partial charge is 0.172 e. The van der Waals surface area contributed by atoms with Crippen LogP contribution in [0.3, 0.4) is 0 Å². The molecule has 0 amide bonds. The molecule has 1 spiro atoms. The summed E-state index contributed by atoms with van der Waals surface area (Å²) in [7, 11) is 1.70. The van der Waals surface area contributed by atoms with Crippen molar-refractivity contribution >= 4 is 11.6 Å². The minimum atomic E-state index is -0.963. The van der Waals surface area contributed by atoms with Crippen molar-refractivity contribution < 1.29 is 19.1 Å². The average molecular weight is 356 g/mol. The quantitative estimate of drug-likeness (QED) is 0.533. The highest BCUT2D eigenvalue weighted by Gasteiger charge is 2.76. The second-order valence-electron chi connectivity index (χ2n) is 9.64. The number of hydrogen-bond donors (Lipinski definition) is 0. The number of allylic oxidation sites excluding steroid dienone is 2. The maximum Gasteiger partial charge on any atom is 0.172 e. The largest absolute Gasteiger partial charge is 0.355 e. The van der Waals surface area contributed by atoms with Crippen LogP contribution in [-0.4, -0.2) is 31.6 Å². The maximum atomic E-state index is 13.7. The van der Waals surface area contributed by atoms with Crippen molar-refractivity contribution in [3.63, 3.8) is 0 Å². The molecule has 0 aromatic rings. The van der Waals surface area contributed by atoms with Gasteiger partial charge in [-0.1, -0.05) is 26.5 Å². The van der Waals surface area contributed by atoms with Gasteiger partial charge in [-0.2, -0.15) is 0 Å². The fraction of sp³-hybridized carbons (Fsp3) is 0.727. The minimum Gasteiger partial charge on any atom is -0.355 e. The third-order valence-electron chi connectivity index (χ3n) is 8.70. The van der Waals surface area contributed by atoms with E-state index in [0.717, 1.165) is 32.1 Å². The second-order valence-corrected chi connectivity index (χ2v) is 9.64. The Morgan fingerprint density at radius 2 is 1.85 bits per heavy atom. The normalized spacial score (nSPS) is 52.7.